The third-order valence-electron chi connectivity index (χ3n) is 9.61. The second kappa shape index (κ2) is 35.1. The van der Waals surface area contributed by atoms with Gasteiger partial charge in [0.1, 0.15) is 36.8 Å². The number of aliphatic hydroxyl groups excluding tert-OH is 3. The Balaban J connectivity index is 2.51. The molecule has 1 rings (SSSR count). The summed E-state index contributed by atoms with van der Waals surface area (Å²) in [7, 11) is -4.61. The van der Waals surface area contributed by atoms with Crippen molar-refractivity contribution in [1.29, 1.82) is 0 Å². The van der Waals surface area contributed by atoms with Crippen molar-refractivity contribution in [2.45, 2.75) is 192 Å². The van der Waals surface area contributed by atoms with Crippen LogP contribution in [0.3, 0.4) is 0 Å². The van der Waals surface area contributed by atoms with Crippen LogP contribution < -0.4 is 0 Å². The lowest BCUT2D eigenvalue weighted by Gasteiger charge is -2.40. The molecule has 334 valence electrons. The predicted octanol–water partition coefficient (Wildman–Crippen LogP) is 8.56. The van der Waals surface area contributed by atoms with Crippen LogP contribution in [0.15, 0.2) is 60.8 Å². The van der Waals surface area contributed by atoms with E-state index in [-0.39, 0.29) is 19.4 Å². The molecule has 1 saturated heterocycles. The van der Waals surface area contributed by atoms with Crippen molar-refractivity contribution < 1.29 is 56.8 Å². The Morgan fingerprint density at radius 1 is 0.603 bits per heavy atom. The van der Waals surface area contributed by atoms with Crippen molar-refractivity contribution in [2.24, 2.45) is 0 Å². The van der Waals surface area contributed by atoms with Crippen LogP contribution in [-0.4, -0.2) is 96.0 Å². The van der Waals surface area contributed by atoms with Gasteiger partial charge in [-0.15, -0.1) is 0 Å². The average molecular weight is 841 g/mol. The Labute approximate surface area is 349 Å². The Bertz CT molecular complexity index is 1310. The van der Waals surface area contributed by atoms with Crippen molar-refractivity contribution in [2.75, 3.05) is 19.0 Å². The molecule has 12 nitrogen and oxygen atoms in total. The first-order valence-electron chi connectivity index (χ1n) is 21.8. The highest BCUT2D eigenvalue weighted by molar-refractivity contribution is 7.85. The Kier molecular flexibility index (Phi) is 32.3. The highest BCUT2D eigenvalue weighted by atomic mass is 32.2. The first-order valence-corrected chi connectivity index (χ1v) is 23.5. The van der Waals surface area contributed by atoms with Gasteiger partial charge in [-0.1, -0.05) is 152 Å². The molecule has 0 aliphatic carbocycles. The van der Waals surface area contributed by atoms with Gasteiger partial charge in [0.2, 0.25) is 0 Å². The molecule has 58 heavy (non-hydrogen) atoms. The van der Waals surface area contributed by atoms with Crippen LogP contribution in [0.25, 0.3) is 0 Å². The summed E-state index contributed by atoms with van der Waals surface area (Å²) in [5.74, 6) is -2.06. The van der Waals surface area contributed by atoms with Gasteiger partial charge in [-0.25, -0.2) is 0 Å². The van der Waals surface area contributed by atoms with E-state index >= 15 is 0 Å². The second-order valence-electron chi connectivity index (χ2n) is 15.0. The summed E-state index contributed by atoms with van der Waals surface area (Å²) in [6, 6.07) is 0. The number of aliphatic hydroxyl groups is 3. The van der Waals surface area contributed by atoms with Gasteiger partial charge in [0.05, 0.1) is 6.61 Å². The number of carbonyl (C=O) groups is 2. The predicted molar refractivity (Wildman–Crippen MR) is 229 cm³/mol. The lowest BCUT2D eigenvalue weighted by atomic mass is 10.00. The summed E-state index contributed by atoms with van der Waals surface area (Å²) in [5.41, 5.74) is 0. The standard InChI is InChI=1S/C45H76O12S/c1-3-5-7-9-11-13-15-17-18-19-20-22-23-25-27-29-31-33-40(46)54-35-38(36-55-45-44(50)43(49)42(48)39(57-45)37-58(51,52)53)56-41(47)34-32-30-28-26-24-21-16-14-12-10-8-6-4-2/h5,7,11,13,17-18,20,22,25,27,38-39,42-45,48-50H,3-4,6,8-10,12,14-16,19,21,23-24,26,28-37H2,1-2H3,(H,51,52,53)/b7-5+,13-11+,18-17+,22-20+,27-25+. The minimum atomic E-state index is -4.61. The SMILES string of the molecule is CC/C=C/C/C=C/C/C=C/C/C=C/C/C=C/CCCC(=O)OCC(COC1OC(CS(=O)(=O)O)C(O)C(O)C1O)OC(=O)CCCCCCCCCCCCCCC. The van der Waals surface area contributed by atoms with E-state index in [2.05, 4.69) is 62.5 Å². The third kappa shape index (κ3) is 29.5. The molecule has 0 bridgehead atoms. The summed E-state index contributed by atoms with van der Waals surface area (Å²) in [6.07, 6.45) is 32.7. The second-order valence-corrected chi connectivity index (χ2v) is 16.5. The van der Waals surface area contributed by atoms with Gasteiger partial charge in [-0.05, 0) is 51.4 Å². The van der Waals surface area contributed by atoms with E-state index in [1.54, 1.807) is 0 Å². The maximum Gasteiger partial charge on any atom is 0.306 e. The molecule has 0 amide bonds. The van der Waals surface area contributed by atoms with Gasteiger partial charge in [-0.2, -0.15) is 8.42 Å². The minimum Gasteiger partial charge on any atom is -0.462 e. The molecule has 1 aliphatic heterocycles. The van der Waals surface area contributed by atoms with Gasteiger partial charge >= 0.3 is 11.9 Å². The van der Waals surface area contributed by atoms with E-state index in [4.69, 9.17) is 18.9 Å². The number of carbonyl (C=O) groups excluding carboxylic acids is 2. The lowest BCUT2D eigenvalue weighted by Crippen LogP contribution is -2.60. The molecular formula is C45H76O12S. The molecule has 13 heteroatoms. The van der Waals surface area contributed by atoms with Crippen molar-refractivity contribution >= 4 is 22.1 Å². The van der Waals surface area contributed by atoms with Gasteiger partial charge in [-0.3, -0.25) is 14.1 Å². The molecule has 1 fully saturated rings. The van der Waals surface area contributed by atoms with Crippen molar-refractivity contribution in [1.82, 2.24) is 0 Å². The number of ether oxygens (including phenoxy) is 4. The van der Waals surface area contributed by atoms with Gasteiger partial charge < -0.3 is 34.3 Å². The van der Waals surface area contributed by atoms with Crippen molar-refractivity contribution in [3.8, 4) is 0 Å². The highest BCUT2D eigenvalue weighted by Gasteiger charge is 2.46. The van der Waals surface area contributed by atoms with Crippen molar-refractivity contribution in [3.63, 3.8) is 0 Å². The van der Waals surface area contributed by atoms with E-state index in [0.717, 1.165) is 51.4 Å². The van der Waals surface area contributed by atoms with Crippen LogP contribution in [-0.2, 0) is 38.7 Å². The smallest absolute Gasteiger partial charge is 0.306 e. The number of esters is 2. The summed E-state index contributed by atoms with van der Waals surface area (Å²) in [4.78, 5) is 25.3. The Hall–Kier alpha value is -2.65. The molecule has 0 aromatic heterocycles. The molecule has 0 aromatic carbocycles. The minimum absolute atomic E-state index is 0.140. The van der Waals surface area contributed by atoms with Crippen molar-refractivity contribution in [3.05, 3.63) is 60.8 Å². The first kappa shape index (κ1) is 53.4. The first-order chi connectivity index (χ1) is 28.0. The molecule has 0 saturated carbocycles. The summed E-state index contributed by atoms with van der Waals surface area (Å²) in [5, 5.41) is 30.8. The molecule has 1 aliphatic rings. The largest absolute Gasteiger partial charge is 0.462 e. The monoisotopic (exact) mass is 841 g/mol. The fraction of sp³-hybridized carbons (Fsp3) is 0.733. The van der Waals surface area contributed by atoms with Crippen LogP contribution >= 0.6 is 0 Å². The molecule has 1 heterocycles. The zero-order valence-electron chi connectivity index (χ0n) is 35.4. The molecule has 6 atom stereocenters. The normalized spacial score (nSPS) is 21.0. The van der Waals surface area contributed by atoms with Crippen LogP contribution in [0, 0.1) is 0 Å². The quantitative estimate of drug-likeness (QED) is 0.0207. The fourth-order valence-corrected chi connectivity index (χ4v) is 6.93. The summed E-state index contributed by atoms with van der Waals surface area (Å²) >= 11 is 0. The van der Waals surface area contributed by atoms with Crippen LogP contribution in [0.2, 0.25) is 0 Å². The molecule has 0 aromatic rings. The van der Waals surface area contributed by atoms with E-state index in [1.165, 1.54) is 57.8 Å². The number of unbranched alkanes of at least 4 members (excludes halogenated alkanes) is 13. The zero-order valence-corrected chi connectivity index (χ0v) is 36.2. The number of hydrogen-bond donors (Lipinski definition) is 4. The van der Waals surface area contributed by atoms with E-state index in [9.17, 15) is 37.9 Å². The molecular weight excluding hydrogens is 765 g/mol. The molecule has 6 unspecified atom stereocenters. The maximum absolute atomic E-state index is 12.8. The summed E-state index contributed by atoms with van der Waals surface area (Å²) in [6.45, 7) is 3.58. The van der Waals surface area contributed by atoms with Crippen LogP contribution in [0.5, 0.6) is 0 Å². The van der Waals surface area contributed by atoms with E-state index < -0.39 is 71.2 Å². The van der Waals surface area contributed by atoms with Crippen LogP contribution in [0.1, 0.15) is 155 Å². The highest BCUT2D eigenvalue weighted by Crippen LogP contribution is 2.24. The Morgan fingerprint density at radius 3 is 1.60 bits per heavy atom. The molecule has 0 radical (unpaired) electrons. The lowest BCUT2D eigenvalue weighted by molar-refractivity contribution is -0.297. The maximum atomic E-state index is 12.8. The topological polar surface area (TPSA) is 186 Å². The number of allylic oxidation sites excluding steroid dienone is 10. The number of rotatable bonds is 35. The molecule has 4 N–H and O–H groups in total. The Morgan fingerprint density at radius 2 is 1.09 bits per heavy atom. The van der Waals surface area contributed by atoms with Gasteiger partial charge in [0, 0.05) is 12.8 Å². The van der Waals surface area contributed by atoms with Crippen LogP contribution in [0.4, 0.5) is 0 Å². The fourth-order valence-electron chi connectivity index (χ4n) is 6.24. The summed E-state index contributed by atoms with van der Waals surface area (Å²) < 4.78 is 53.9. The van der Waals surface area contributed by atoms with E-state index in [1.807, 2.05) is 12.2 Å². The molecule has 0 spiro atoms. The average Bonchev–Trinajstić information content (AvgIpc) is 3.18. The zero-order chi connectivity index (χ0) is 42.7. The van der Waals surface area contributed by atoms with E-state index in [0.29, 0.717) is 19.3 Å². The number of hydrogen-bond acceptors (Lipinski definition) is 11. The third-order valence-corrected chi connectivity index (χ3v) is 10.4. The van der Waals surface area contributed by atoms with Gasteiger partial charge in [0.25, 0.3) is 10.1 Å². The van der Waals surface area contributed by atoms with Gasteiger partial charge in [0.15, 0.2) is 12.4 Å².